The zero-order valence-corrected chi connectivity index (χ0v) is 29.3. The first kappa shape index (κ1) is 36.0. The van der Waals surface area contributed by atoms with Crippen LogP contribution in [0.3, 0.4) is 0 Å². The Morgan fingerprint density at radius 2 is 1.76 bits per heavy atom. The van der Waals surface area contributed by atoms with Crippen LogP contribution < -0.4 is 26.5 Å². The summed E-state index contributed by atoms with van der Waals surface area (Å²) in [5.74, 6) is -1.80. The van der Waals surface area contributed by atoms with Crippen LogP contribution in [0.1, 0.15) is 68.9 Å². The largest absolute Gasteiger partial charge is 0.451 e. The molecule has 0 aliphatic carbocycles. The monoisotopic (exact) mass is 683 g/mol. The molecule has 5 rings (SSSR count). The van der Waals surface area contributed by atoms with Crippen LogP contribution in [0.2, 0.25) is 0 Å². The van der Waals surface area contributed by atoms with Gasteiger partial charge in [0, 0.05) is 37.0 Å². The number of nitrogens with zero attached hydrogens (tertiary/aromatic N) is 3. The van der Waals surface area contributed by atoms with E-state index >= 15 is 0 Å². The molecule has 3 aromatic rings. The average molecular weight is 684 g/mol. The molecule has 13 nitrogen and oxygen atoms in total. The number of pyridine rings is 1. The SMILES string of the molecule is CC(C)NC(=O)c1ccc(C[C@@H]2OC(=O)C(C)(C)/C=C/c3ccc4ccc(nc4c3)N(C)NC(=O)[C@@H]3CCCN(N3)C(=O)[C@H](C)NC2=O)cc1. The lowest BCUT2D eigenvalue weighted by Gasteiger charge is -2.35. The normalized spacial score (nSPS) is 22.5. The van der Waals surface area contributed by atoms with Gasteiger partial charge < -0.3 is 15.4 Å². The van der Waals surface area contributed by atoms with E-state index in [1.54, 1.807) is 63.4 Å². The zero-order valence-electron chi connectivity index (χ0n) is 29.3. The number of esters is 1. The van der Waals surface area contributed by atoms with Crippen molar-refractivity contribution < 1.29 is 28.7 Å². The number of hydrogen-bond donors (Lipinski definition) is 4. The van der Waals surface area contributed by atoms with Crippen molar-refractivity contribution in [1.29, 1.82) is 0 Å². The molecule has 1 saturated heterocycles. The van der Waals surface area contributed by atoms with Crippen LogP contribution in [0.5, 0.6) is 0 Å². The molecule has 13 heteroatoms. The van der Waals surface area contributed by atoms with E-state index < -0.39 is 41.4 Å². The molecule has 0 spiro atoms. The molecule has 0 saturated carbocycles. The fourth-order valence-corrected chi connectivity index (χ4v) is 5.64. The van der Waals surface area contributed by atoms with Crippen LogP contribution in [0.4, 0.5) is 5.82 Å². The summed E-state index contributed by atoms with van der Waals surface area (Å²) in [5.41, 5.74) is 7.29. The Labute approximate surface area is 291 Å². The molecule has 1 aromatic heterocycles. The van der Waals surface area contributed by atoms with Crippen molar-refractivity contribution in [3.05, 3.63) is 77.4 Å². The van der Waals surface area contributed by atoms with Crippen molar-refractivity contribution in [3.8, 4) is 0 Å². The van der Waals surface area contributed by atoms with Crippen molar-refractivity contribution in [2.75, 3.05) is 18.6 Å². The second kappa shape index (κ2) is 15.1. The van der Waals surface area contributed by atoms with E-state index in [0.29, 0.717) is 41.8 Å². The van der Waals surface area contributed by atoms with Gasteiger partial charge in [0.25, 0.3) is 23.6 Å². The van der Waals surface area contributed by atoms with Crippen LogP contribution in [0.15, 0.2) is 60.7 Å². The third-order valence-corrected chi connectivity index (χ3v) is 8.64. The number of ether oxygens (including phenoxy) is 1. The zero-order chi connectivity index (χ0) is 36.2. The van der Waals surface area contributed by atoms with Gasteiger partial charge in [-0.2, -0.15) is 0 Å². The number of hydrogen-bond acceptors (Lipinski definition) is 9. The number of amides is 4. The molecule has 5 bridgehead atoms. The summed E-state index contributed by atoms with van der Waals surface area (Å²) < 4.78 is 5.89. The molecule has 50 heavy (non-hydrogen) atoms. The molecule has 3 atom stereocenters. The minimum absolute atomic E-state index is 0.000756. The van der Waals surface area contributed by atoms with Gasteiger partial charge in [-0.15, -0.1) is 0 Å². The van der Waals surface area contributed by atoms with E-state index in [0.717, 1.165) is 10.9 Å². The highest BCUT2D eigenvalue weighted by Gasteiger charge is 2.35. The maximum atomic E-state index is 13.7. The Hall–Kier alpha value is -5.30. The number of anilines is 1. The highest BCUT2D eigenvalue weighted by Crippen LogP contribution is 2.25. The Morgan fingerprint density at radius 1 is 1.04 bits per heavy atom. The number of aromatic nitrogens is 1. The summed E-state index contributed by atoms with van der Waals surface area (Å²) in [6.45, 7) is 9.00. The van der Waals surface area contributed by atoms with Gasteiger partial charge in [0.05, 0.1) is 10.9 Å². The molecule has 2 aliphatic rings. The molecule has 2 aliphatic heterocycles. The summed E-state index contributed by atoms with van der Waals surface area (Å²) in [7, 11) is 1.69. The quantitative estimate of drug-likeness (QED) is 0.303. The van der Waals surface area contributed by atoms with Crippen molar-refractivity contribution in [1.82, 2.24) is 31.5 Å². The summed E-state index contributed by atoms with van der Waals surface area (Å²) in [4.78, 5) is 71.4. The molecule has 2 aromatic carbocycles. The van der Waals surface area contributed by atoms with E-state index in [1.807, 2.05) is 38.1 Å². The number of rotatable bonds is 4. The minimum Gasteiger partial charge on any atom is -0.451 e. The molecule has 264 valence electrons. The topological polar surface area (TPSA) is 162 Å². The predicted octanol–water partition coefficient (Wildman–Crippen LogP) is 3.05. The maximum absolute atomic E-state index is 13.7. The smallest absolute Gasteiger partial charge is 0.316 e. The fourth-order valence-electron chi connectivity index (χ4n) is 5.64. The maximum Gasteiger partial charge on any atom is 0.316 e. The molecular weight excluding hydrogens is 638 g/mol. The van der Waals surface area contributed by atoms with Crippen LogP contribution in [-0.2, 0) is 30.3 Å². The highest BCUT2D eigenvalue weighted by molar-refractivity contribution is 5.94. The van der Waals surface area contributed by atoms with Gasteiger partial charge in [-0.05, 0) is 88.9 Å². The van der Waals surface area contributed by atoms with Crippen LogP contribution in [0.25, 0.3) is 17.0 Å². The number of hydrazine groups is 2. The number of benzene rings is 2. The van der Waals surface area contributed by atoms with Gasteiger partial charge in [0.1, 0.15) is 17.9 Å². The summed E-state index contributed by atoms with van der Waals surface area (Å²) in [6.07, 6.45) is 3.27. The van der Waals surface area contributed by atoms with E-state index in [2.05, 4.69) is 21.5 Å². The Bertz CT molecular complexity index is 1810. The lowest BCUT2D eigenvalue weighted by molar-refractivity contribution is -0.162. The van der Waals surface area contributed by atoms with Gasteiger partial charge in [-0.1, -0.05) is 36.4 Å². The van der Waals surface area contributed by atoms with Gasteiger partial charge in [-0.25, -0.2) is 10.4 Å². The van der Waals surface area contributed by atoms with E-state index in [9.17, 15) is 24.0 Å². The van der Waals surface area contributed by atoms with Crippen molar-refractivity contribution in [2.45, 2.75) is 78.1 Å². The van der Waals surface area contributed by atoms with Crippen LogP contribution >= 0.6 is 0 Å². The third kappa shape index (κ3) is 8.64. The Morgan fingerprint density at radius 3 is 2.48 bits per heavy atom. The average Bonchev–Trinajstić information content (AvgIpc) is 3.09. The lowest BCUT2D eigenvalue weighted by atomic mass is 9.92. The first-order valence-corrected chi connectivity index (χ1v) is 16.8. The number of cyclic esters (lactones) is 1. The highest BCUT2D eigenvalue weighted by atomic mass is 16.5. The molecule has 4 N–H and O–H groups in total. The van der Waals surface area contributed by atoms with E-state index in [1.165, 1.54) is 16.9 Å². The molecule has 0 radical (unpaired) electrons. The molecular formula is C37H45N7O6. The molecule has 3 heterocycles. The Balaban J connectivity index is 1.46. The van der Waals surface area contributed by atoms with Gasteiger partial charge in [0.15, 0.2) is 6.10 Å². The number of carbonyl (C=O) groups is 5. The second-order valence-corrected chi connectivity index (χ2v) is 13.7. The first-order chi connectivity index (χ1) is 23.7. The second-order valence-electron chi connectivity index (χ2n) is 13.7. The van der Waals surface area contributed by atoms with Crippen LogP contribution in [0, 0.1) is 5.41 Å². The standard InChI is InChI=1S/C37H45N7O6/c1-22(2)38-32(45)27-13-10-24(11-14-27)21-30-34(47)39-23(3)35(48)44-19-7-8-28(41-44)33(46)42-43(6)31-16-15-26-12-9-25(20-29(26)40-31)17-18-37(4,5)36(49)50-30/h9-18,20,22-23,28,30,41H,7-8,19,21H2,1-6H3,(H,38,45)(H,39,47)(H,42,46)/b18-17+/t23-,28-,30-/m0/s1. The minimum atomic E-state index is -1.29. The lowest BCUT2D eigenvalue weighted by Crippen LogP contribution is -2.62. The van der Waals surface area contributed by atoms with Gasteiger partial charge in [0.2, 0.25) is 0 Å². The number of fused-ring (bicyclic) bond motifs is 4. The van der Waals surface area contributed by atoms with Crippen LogP contribution in [-0.4, -0.2) is 77.4 Å². The van der Waals surface area contributed by atoms with Crippen molar-refractivity contribution in [2.24, 2.45) is 5.41 Å². The summed E-state index contributed by atoms with van der Waals surface area (Å²) in [6, 6.07) is 14.4. The fraction of sp³-hybridized carbons (Fsp3) is 0.405. The molecule has 1 fully saturated rings. The van der Waals surface area contributed by atoms with E-state index in [-0.39, 0.29) is 24.3 Å². The Kier molecular flexibility index (Phi) is 10.9. The van der Waals surface area contributed by atoms with E-state index in [4.69, 9.17) is 9.72 Å². The first-order valence-electron chi connectivity index (χ1n) is 16.8. The van der Waals surface area contributed by atoms with Gasteiger partial charge >= 0.3 is 5.97 Å². The number of carbonyl (C=O) groups excluding carboxylic acids is 5. The third-order valence-electron chi connectivity index (χ3n) is 8.64. The number of nitrogens with one attached hydrogen (secondary N) is 4. The van der Waals surface area contributed by atoms with Gasteiger partial charge in [-0.3, -0.25) is 39.4 Å². The predicted molar refractivity (Wildman–Crippen MR) is 189 cm³/mol. The van der Waals surface area contributed by atoms with Crippen molar-refractivity contribution >= 4 is 52.4 Å². The summed E-state index contributed by atoms with van der Waals surface area (Å²) >= 11 is 0. The molecule has 0 unspecified atom stereocenters. The molecule has 4 amide bonds. The van der Waals surface area contributed by atoms with Crippen molar-refractivity contribution in [3.63, 3.8) is 0 Å². The summed E-state index contributed by atoms with van der Waals surface area (Å²) in [5, 5.41) is 9.32.